The lowest BCUT2D eigenvalue weighted by Crippen LogP contribution is -2.45. The molecule has 3 aromatic rings. The number of carbonyl (C=O) groups excluding carboxylic acids is 2. The SMILES string of the molecule is O=CCC(Nc1ccc(Br)cn1)(SCC(=O)Nc1cccc2ccccc12)C(=O)O. The van der Waals surface area contributed by atoms with Crippen LogP contribution in [0.5, 0.6) is 0 Å². The maximum Gasteiger partial charge on any atom is 0.340 e. The largest absolute Gasteiger partial charge is 0.479 e. The smallest absolute Gasteiger partial charge is 0.340 e. The summed E-state index contributed by atoms with van der Waals surface area (Å²) in [6.07, 6.45) is 1.68. The molecule has 3 N–H and O–H groups in total. The number of anilines is 2. The third kappa shape index (κ3) is 5.17. The number of carbonyl (C=O) groups is 3. The molecule has 3 rings (SSSR count). The second-order valence-electron chi connectivity index (χ2n) is 6.35. The average Bonchev–Trinajstić information content (AvgIpc) is 2.74. The first-order valence-electron chi connectivity index (χ1n) is 8.92. The van der Waals surface area contributed by atoms with Gasteiger partial charge >= 0.3 is 5.97 Å². The summed E-state index contributed by atoms with van der Waals surface area (Å²) in [6, 6.07) is 16.5. The number of hydrogen-bond acceptors (Lipinski definition) is 6. The van der Waals surface area contributed by atoms with E-state index < -0.39 is 10.8 Å². The fourth-order valence-electron chi connectivity index (χ4n) is 2.83. The predicted molar refractivity (Wildman–Crippen MR) is 122 cm³/mol. The number of nitrogens with one attached hydrogen (secondary N) is 2. The van der Waals surface area contributed by atoms with Crippen molar-refractivity contribution >= 4 is 68.1 Å². The number of carboxylic acids is 1. The van der Waals surface area contributed by atoms with Gasteiger partial charge in [-0.25, -0.2) is 9.78 Å². The molecular formula is C21H18BrN3O4S. The molecule has 0 fully saturated rings. The summed E-state index contributed by atoms with van der Waals surface area (Å²) in [7, 11) is 0. The van der Waals surface area contributed by atoms with Crippen molar-refractivity contribution in [2.24, 2.45) is 0 Å². The third-order valence-electron chi connectivity index (χ3n) is 4.29. The van der Waals surface area contributed by atoms with E-state index >= 15 is 0 Å². The molecule has 0 bridgehead atoms. The highest BCUT2D eigenvalue weighted by Crippen LogP contribution is 2.31. The van der Waals surface area contributed by atoms with Crippen LogP contribution < -0.4 is 10.6 Å². The highest BCUT2D eigenvalue weighted by Gasteiger charge is 2.40. The van der Waals surface area contributed by atoms with Crippen LogP contribution in [-0.4, -0.2) is 38.9 Å². The summed E-state index contributed by atoms with van der Waals surface area (Å²) in [6.45, 7) is 0. The molecule has 0 radical (unpaired) electrons. The van der Waals surface area contributed by atoms with Crippen LogP contribution in [0.3, 0.4) is 0 Å². The number of aliphatic carboxylic acids is 1. The zero-order valence-electron chi connectivity index (χ0n) is 15.7. The molecule has 0 aliphatic carbocycles. The van der Waals surface area contributed by atoms with Gasteiger partial charge in [-0.2, -0.15) is 0 Å². The van der Waals surface area contributed by atoms with E-state index in [2.05, 4.69) is 31.5 Å². The number of carboxylic acid groups (broad SMARTS) is 1. The van der Waals surface area contributed by atoms with Crippen LogP contribution in [0.15, 0.2) is 65.3 Å². The lowest BCUT2D eigenvalue weighted by molar-refractivity contribution is -0.140. The fourth-order valence-corrected chi connectivity index (χ4v) is 4.00. The first-order valence-corrected chi connectivity index (χ1v) is 10.7. The van der Waals surface area contributed by atoms with Crippen LogP contribution >= 0.6 is 27.7 Å². The molecule has 1 aromatic heterocycles. The van der Waals surface area contributed by atoms with Crippen molar-refractivity contribution in [3.8, 4) is 0 Å². The van der Waals surface area contributed by atoms with Crippen LogP contribution in [-0.2, 0) is 14.4 Å². The van der Waals surface area contributed by atoms with Crippen LogP contribution in [0.2, 0.25) is 0 Å². The third-order valence-corrected chi connectivity index (χ3v) is 6.10. The Labute approximate surface area is 185 Å². The summed E-state index contributed by atoms with van der Waals surface area (Å²) >= 11 is 4.09. The molecule has 1 unspecified atom stereocenters. The molecule has 9 heteroatoms. The van der Waals surface area contributed by atoms with Gasteiger partial charge in [-0.05, 0) is 39.5 Å². The summed E-state index contributed by atoms with van der Waals surface area (Å²) in [4.78, 5) is 38.2. The van der Waals surface area contributed by atoms with Crippen LogP contribution in [0, 0.1) is 0 Å². The van der Waals surface area contributed by atoms with E-state index in [1.54, 1.807) is 18.2 Å². The molecule has 1 atom stereocenters. The summed E-state index contributed by atoms with van der Waals surface area (Å²) in [5, 5.41) is 17.3. The Morgan fingerprint density at radius 2 is 1.90 bits per heavy atom. The molecule has 7 nitrogen and oxygen atoms in total. The highest BCUT2D eigenvalue weighted by atomic mass is 79.9. The maximum absolute atomic E-state index is 12.6. The monoisotopic (exact) mass is 487 g/mol. The second-order valence-corrected chi connectivity index (χ2v) is 8.54. The van der Waals surface area contributed by atoms with Gasteiger partial charge < -0.3 is 20.5 Å². The van der Waals surface area contributed by atoms with Crippen molar-refractivity contribution in [3.63, 3.8) is 0 Å². The Kier molecular flexibility index (Phi) is 7.07. The zero-order valence-corrected chi connectivity index (χ0v) is 18.1. The van der Waals surface area contributed by atoms with Crippen LogP contribution in [0.1, 0.15) is 6.42 Å². The number of rotatable bonds is 9. The van der Waals surface area contributed by atoms with Crippen molar-refractivity contribution in [2.75, 3.05) is 16.4 Å². The second kappa shape index (κ2) is 9.73. The van der Waals surface area contributed by atoms with Gasteiger partial charge in [-0.15, -0.1) is 11.8 Å². The normalized spacial score (nSPS) is 12.7. The molecule has 2 aromatic carbocycles. The van der Waals surface area contributed by atoms with Crippen molar-refractivity contribution in [3.05, 3.63) is 65.3 Å². The number of amides is 1. The highest BCUT2D eigenvalue weighted by molar-refractivity contribution is 9.10. The number of halogens is 1. The fraction of sp³-hybridized carbons (Fsp3) is 0.143. The molecule has 0 saturated heterocycles. The number of aldehydes is 1. The molecule has 0 saturated carbocycles. The lowest BCUT2D eigenvalue weighted by atomic mass is 10.1. The number of benzene rings is 2. The number of aromatic nitrogens is 1. The van der Waals surface area contributed by atoms with Crippen molar-refractivity contribution in [1.82, 2.24) is 4.98 Å². The Hall–Kier alpha value is -2.91. The zero-order chi connectivity index (χ0) is 21.6. The van der Waals surface area contributed by atoms with Gasteiger partial charge in [-0.1, -0.05) is 36.4 Å². The summed E-state index contributed by atoms with van der Waals surface area (Å²) < 4.78 is 0.728. The minimum Gasteiger partial charge on any atom is -0.479 e. The van der Waals surface area contributed by atoms with Crippen LogP contribution in [0.4, 0.5) is 11.5 Å². The van der Waals surface area contributed by atoms with Gasteiger partial charge in [0.2, 0.25) is 5.91 Å². The van der Waals surface area contributed by atoms with Crippen molar-refractivity contribution in [2.45, 2.75) is 11.3 Å². The van der Waals surface area contributed by atoms with Crippen molar-refractivity contribution in [1.29, 1.82) is 0 Å². The first kappa shape index (κ1) is 21.8. The summed E-state index contributed by atoms with van der Waals surface area (Å²) in [5.74, 6) is -1.53. The van der Waals surface area contributed by atoms with Gasteiger partial charge in [-0.3, -0.25) is 4.79 Å². The van der Waals surface area contributed by atoms with Gasteiger partial charge in [0.1, 0.15) is 12.1 Å². The quantitative estimate of drug-likeness (QED) is 0.307. The van der Waals surface area contributed by atoms with E-state index in [0.29, 0.717) is 12.0 Å². The Bertz CT molecular complexity index is 1070. The van der Waals surface area contributed by atoms with E-state index in [9.17, 15) is 19.5 Å². The first-order chi connectivity index (χ1) is 14.4. The number of pyridine rings is 1. The van der Waals surface area contributed by atoms with Gasteiger partial charge in [0.05, 0.1) is 5.75 Å². The van der Waals surface area contributed by atoms with E-state index in [0.717, 1.165) is 27.0 Å². The Morgan fingerprint density at radius 1 is 1.13 bits per heavy atom. The molecule has 0 aliphatic rings. The minimum atomic E-state index is -1.72. The summed E-state index contributed by atoms with van der Waals surface area (Å²) in [5.41, 5.74) is 0.637. The van der Waals surface area contributed by atoms with E-state index in [-0.39, 0.29) is 23.9 Å². The molecule has 0 aliphatic heterocycles. The van der Waals surface area contributed by atoms with Crippen LogP contribution in [0.25, 0.3) is 10.8 Å². The molecule has 0 spiro atoms. The number of nitrogens with zero attached hydrogens (tertiary/aromatic N) is 1. The van der Waals surface area contributed by atoms with Gasteiger partial charge in [0, 0.05) is 28.2 Å². The predicted octanol–water partition coefficient (Wildman–Crippen LogP) is 4.15. The van der Waals surface area contributed by atoms with Crippen molar-refractivity contribution < 1.29 is 19.5 Å². The minimum absolute atomic E-state index is 0.174. The molecule has 1 amide bonds. The van der Waals surface area contributed by atoms with E-state index in [4.69, 9.17) is 0 Å². The van der Waals surface area contributed by atoms with E-state index in [1.165, 1.54) is 6.20 Å². The maximum atomic E-state index is 12.6. The molecule has 30 heavy (non-hydrogen) atoms. The van der Waals surface area contributed by atoms with E-state index in [1.807, 2.05) is 36.4 Å². The number of hydrogen-bond donors (Lipinski definition) is 3. The standard InChI is InChI=1S/C21H18BrN3O4S/c22-15-8-9-18(23-12-15)25-21(10-11-26,20(28)29)30-13-19(27)24-17-7-3-5-14-4-1-2-6-16(14)17/h1-9,11-12H,10,13H2,(H,23,25)(H,24,27)(H,28,29). The molecule has 154 valence electrons. The number of fused-ring (bicyclic) bond motifs is 1. The lowest BCUT2D eigenvalue weighted by Gasteiger charge is -2.28. The topological polar surface area (TPSA) is 108 Å². The molecular weight excluding hydrogens is 470 g/mol. The number of thioether (sulfide) groups is 1. The van der Waals surface area contributed by atoms with Gasteiger partial charge in [0.25, 0.3) is 0 Å². The molecule has 1 heterocycles. The Morgan fingerprint density at radius 3 is 2.60 bits per heavy atom. The van der Waals surface area contributed by atoms with Gasteiger partial charge in [0.15, 0.2) is 4.87 Å². The average molecular weight is 488 g/mol. The Balaban J connectivity index is 1.75.